The van der Waals surface area contributed by atoms with Gasteiger partial charge in [-0.15, -0.1) is 0 Å². The van der Waals surface area contributed by atoms with Gasteiger partial charge in [-0.3, -0.25) is 4.79 Å². The summed E-state index contributed by atoms with van der Waals surface area (Å²) in [6.45, 7) is 0. The number of hydrogen-bond donors (Lipinski definition) is 2. The van der Waals surface area contributed by atoms with Crippen molar-refractivity contribution in [2.75, 3.05) is 11.1 Å². The Kier molecular flexibility index (Phi) is 4.21. The highest BCUT2D eigenvalue weighted by Crippen LogP contribution is 2.26. The highest BCUT2D eigenvalue weighted by atomic mass is 79.9. The zero-order valence-corrected chi connectivity index (χ0v) is 12.8. The summed E-state index contributed by atoms with van der Waals surface area (Å²) >= 11 is 6.44. The molecule has 0 aliphatic carbocycles. The van der Waals surface area contributed by atoms with Crippen LogP contribution < -0.4 is 11.1 Å². The van der Waals surface area contributed by atoms with Crippen LogP contribution in [0, 0.1) is 5.82 Å². The molecule has 0 aliphatic heterocycles. The third-order valence-electron chi connectivity index (χ3n) is 2.38. The monoisotopic (exact) mass is 386 g/mol. The quantitative estimate of drug-likeness (QED) is 0.759. The van der Waals surface area contributed by atoms with Gasteiger partial charge in [-0.2, -0.15) is 0 Å². The second-order valence-corrected chi connectivity index (χ2v) is 5.59. The molecule has 0 saturated heterocycles. The van der Waals surface area contributed by atoms with E-state index < -0.39 is 11.7 Å². The van der Waals surface area contributed by atoms with Crippen LogP contribution in [-0.4, -0.2) is 5.91 Å². The average molecular weight is 388 g/mol. The molecule has 2 rings (SSSR count). The maximum atomic E-state index is 13.6. The van der Waals surface area contributed by atoms with Gasteiger partial charge in [0.25, 0.3) is 5.91 Å². The largest absolute Gasteiger partial charge is 0.399 e. The van der Waals surface area contributed by atoms with Crippen molar-refractivity contribution in [3.63, 3.8) is 0 Å². The van der Waals surface area contributed by atoms with E-state index in [-0.39, 0.29) is 5.69 Å². The molecule has 3 nitrogen and oxygen atoms in total. The van der Waals surface area contributed by atoms with E-state index in [4.69, 9.17) is 5.73 Å². The van der Waals surface area contributed by atoms with E-state index in [1.54, 1.807) is 24.3 Å². The Morgan fingerprint density at radius 3 is 2.58 bits per heavy atom. The molecule has 0 aromatic heterocycles. The van der Waals surface area contributed by atoms with E-state index in [2.05, 4.69) is 37.2 Å². The molecule has 6 heteroatoms. The van der Waals surface area contributed by atoms with Crippen LogP contribution in [-0.2, 0) is 0 Å². The molecule has 98 valence electrons. The van der Waals surface area contributed by atoms with Gasteiger partial charge in [-0.25, -0.2) is 4.39 Å². The molecule has 0 fully saturated rings. The van der Waals surface area contributed by atoms with Crippen molar-refractivity contribution >= 4 is 49.1 Å². The van der Waals surface area contributed by atoms with E-state index >= 15 is 0 Å². The number of hydrogen-bond acceptors (Lipinski definition) is 2. The minimum Gasteiger partial charge on any atom is -0.399 e. The number of amides is 1. The van der Waals surface area contributed by atoms with Crippen molar-refractivity contribution in [2.24, 2.45) is 0 Å². The van der Waals surface area contributed by atoms with Gasteiger partial charge in [0.1, 0.15) is 5.82 Å². The van der Waals surface area contributed by atoms with E-state index in [0.717, 1.165) is 0 Å². The number of nitrogens with one attached hydrogen (secondary N) is 1. The zero-order valence-electron chi connectivity index (χ0n) is 9.58. The van der Waals surface area contributed by atoms with Gasteiger partial charge in [-0.1, -0.05) is 22.0 Å². The lowest BCUT2D eigenvalue weighted by atomic mass is 10.2. The molecule has 0 radical (unpaired) electrons. The normalized spacial score (nSPS) is 10.3. The van der Waals surface area contributed by atoms with Crippen LogP contribution in [0.1, 0.15) is 10.4 Å². The number of para-hydroxylation sites is 1. The lowest BCUT2D eigenvalue weighted by Gasteiger charge is -2.09. The standard InChI is InChI=1S/C13H9Br2FN2O/c14-8-4-7(5-9(17)6-8)13(19)18-12-10(15)2-1-3-11(12)16/h1-6H,17H2,(H,18,19). The Morgan fingerprint density at radius 2 is 1.95 bits per heavy atom. The Morgan fingerprint density at radius 1 is 1.21 bits per heavy atom. The topological polar surface area (TPSA) is 55.1 Å². The van der Waals surface area contributed by atoms with Crippen LogP contribution in [0.3, 0.4) is 0 Å². The van der Waals surface area contributed by atoms with E-state index in [9.17, 15) is 9.18 Å². The second-order valence-electron chi connectivity index (χ2n) is 3.82. The number of benzene rings is 2. The number of nitrogen functional groups attached to an aromatic ring is 1. The van der Waals surface area contributed by atoms with Crippen molar-refractivity contribution in [2.45, 2.75) is 0 Å². The fourth-order valence-electron chi connectivity index (χ4n) is 1.55. The fourth-order valence-corrected chi connectivity index (χ4v) is 2.50. The zero-order chi connectivity index (χ0) is 14.0. The number of rotatable bonds is 2. The summed E-state index contributed by atoms with van der Waals surface area (Å²) in [7, 11) is 0. The van der Waals surface area contributed by atoms with Gasteiger partial charge >= 0.3 is 0 Å². The molecule has 0 saturated carbocycles. The van der Waals surface area contributed by atoms with Gasteiger partial charge in [0, 0.05) is 20.2 Å². The number of halogens is 3. The van der Waals surface area contributed by atoms with Crippen molar-refractivity contribution in [3.05, 3.63) is 56.7 Å². The maximum Gasteiger partial charge on any atom is 0.255 e. The molecule has 0 heterocycles. The predicted octanol–water partition coefficient (Wildman–Crippen LogP) is 4.19. The number of carbonyl (C=O) groups excluding carboxylic acids is 1. The molecule has 3 N–H and O–H groups in total. The Labute approximate surface area is 126 Å². The third kappa shape index (κ3) is 3.33. The summed E-state index contributed by atoms with van der Waals surface area (Å²) in [5.74, 6) is -0.940. The number of carbonyl (C=O) groups is 1. The summed E-state index contributed by atoms with van der Waals surface area (Å²) in [4.78, 5) is 12.0. The Bertz CT molecular complexity index is 606. The summed E-state index contributed by atoms with van der Waals surface area (Å²) in [5, 5.41) is 2.51. The van der Waals surface area contributed by atoms with Crippen LogP contribution in [0.25, 0.3) is 0 Å². The Hall–Kier alpha value is -1.40. The summed E-state index contributed by atoms with van der Waals surface area (Å²) < 4.78 is 14.8. The van der Waals surface area contributed by atoms with Crippen molar-refractivity contribution in [1.29, 1.82) is 0 Å². The first-order valence-electron chi connectivity index (χ1n) is 5.29. The van der Waals surface area contributed by atoms with Crippen LogP contribution in [0.2, 0.25) is 0 Å². The summed E-state index contributed by atoms with van der Waals surface area (Å²) in [5.41, 5.74) is 6.56. The van der Waals surface area contributed by atoms with Crippen molar-refractivity contribution < 1.29 is 9.18 Å². The Balaban J connectivity index is 2.31. The van der Waals surface area contributed by atoms with Crippen molar-refractivity contribution in [1.82, 2.24) is 0 Å². The van der Waals surface area contributed by atoms with Gasteiger partial charge in [0.15, 0.2) is 0 Å². The summed E-state index contributed by atoms with van der Waals surface area (Å²) in [6.07, 6.45) is 0. The fraction of sp³-hybridized carbons (Fsp3) is 0. The molecule has 0 bridgehead atoms. The molecular weight excluding hydrogens is 379 g/mol. The van der Waals surface area contributed by atoms with Crippen LogP contribution in [0.5, 0.6) is 0 Å². The summed E-state index contributed by atoms with van der Waals surface area (Å²) in [6, 6.07) is 9.28. The number of anilines is 2. The highest BCUT2D eigenvalue weighted by molar-refractivity contribution is 9.10. The molecule has 19 heavy (non-hydrogen) atoms. The van der Waals surface area contributed by atoms with Crippen LogP contribution in [0.4, 0.5) is 15.8 Å². The molecule has 1 amide bonds. The van der Waals surface area contributed by atoms with E-state index in [1.807, 2.05) is 0 Å². The second kappa shape index (κ2) is 5.71. The van der Waals surface area contributed by atoms with Gasteiger partial charge in [-0.05, 0) is 46.3 Å². The first-order chi connectivity index (χ1) is 8.97. The minimum absolute atomic E-state index is 0.103. The minimum atomic E-state index is -0.509. The average Bonchev–Trinajstić information content (AvgIpc) is 2.32. The first-order valence-corrected chi connectivity index (χ1v) is 6.87. The van der Waals surface area contributed by atoms with Gasteiger partial charge < -0.3 is 11.1 Å². The smallest absolute Gasteiger partial charge is 0.255 e. The molecular formula is C13H9Br2FN2O. The van der Waals surface area contributed by atoms with Gasteiger partial charge in [0.2, 0.25) is 0 Å². The van der Waals surface area contributed by atoms with Gasteiger partial charge in [0.05, 0.1) is 5.69 Å². The molecule has 2 aromatic rings. The van der Waals surface area contributed by atoms with Crippen molar-refractivity contribution in [3.8, 4) is 0 Å². The van der Waals surface area contributed by atoms with E-state index in [1.165, 1.54) is 12.1 Å². The first kappa shape index (κ1) is 14.0. The molecule has 0 atom stereocenters. The maximum absolute atomic E-state index is 13.6. The molecule has 0 unspecified atom stereocenters. The van der Waals surface area contributed by atoms with E-state index in [0.29, 0.717) is 20.2 Å². The number of nitrogens with two attached hydrogens (primary N) is 1. The lowest BCUT2D eigenvalue weighted by Crippen LogP contribution is -2.13. The van der Waals surface area contributed by atoms with Crippen LogP contribution >= 0.6 is 31.9 Å². The lowest BCUT2D eigenvalue weighted by molar-refractivity contribution is 0.102. The molecule has 0 aliphatic rings. The SMILES string of the molecule is Nc1cc(Br)cc(C(=O)Nc2c(F)cccc2Br)c1. The van der Waals surface area contributed by atoms with Crippen LogP contribution in [0.15, 0.2) is 45.3 Å². The predicted molar refractivity (Wildman–Crippen MR) is 80.6 cm³/mol. The highest BCUT2D eigenvalue weighted by Gasteiger charge is 2.12. The molecule has 0 spiro atoms. The third-order valence-corrected chi connectivity index (χ3v) is 3.50. The molecule has 2 aromatic carbocycles.